The molecular formula is C9H18O2. The van der Waals surface area contributed by atoms with E-state index in [9.17, 15) is 0 Å². The number of hydrogen-bond acceptors (Lipinski definition) is 2. The molecule has 0 aliphatic heterocycles. The Morgan fingerprint density at radius 2 is 1.45 bits per heavy atom. The zero-order chi connectivity index (χ0) is 8.10. The van der Waals surface area contributed by atoms with Gasteiger partial charge in [0.15, 0.2) is 0 Å². The molecule has 0 heterocycles. The van der Waals surface area contributed by atoms with Crippen molar-refractivity contribution >= 4 is 0 Å². The first-order chi connectivity index (χ1) is 5.38. The van der Waals surface area contributed by atoms with Crippen molar-refractivity contribution in [1.82, 2.24) is 0 Å². The standard InChI is InChI=1S/C9H18O2/c1-3-10-8-6-5-7-9(8)11-4-2/h8-9H,3-7H2,1-2H3/t8-,9-/m1/s1. The molecule has 0 radical (unpaired) electrons. The van der Waals surface area contributed by atoms with Crippen molar-refractivity contribution < 1.29 is 9.47 Å². The number of rotatable bonds is 4. The van der Waals surface area contributed by atoms with Crippen LogP contribution in [0.2, 0.25) is 0 Å². The van der Waals surface area contributed by atoms with Gasteiger partial charge in [-0.25, -0.2) is 0 Å². The van der Waals surface area contributed by atoms with Crippen LogP contribution in [0, 0.1) is 0 Å². The molecule has 1 rings (SSSR count). The monoisotopic (exact) mass is 158 g/mol. The summed E-state index contributed by atoms with van der Waals surface area (Å²) in [6, 6.07) is 0. The normalized spacial score (nSPS) is 31.1. The summed E-state index contributed by atoms with van der Waals surface area (Å²) in [6.07, 6.45) is 4.37. The maximum Gasteiger partial charge on any atom is 0.0836 e. The van der Waals surface area contributed by atoms with Gasteiger partial charge in [-0.1, -0.05) is 0 Å². The lowest BCUT2D eigenvalue weighted by molar-refractivity contribution is -0.0489. The van der Waals surface area contributed by atoms with Crippen LogP contribution in [0.1, 0.15) is 33.1 Å². The quantitative estimate of drug-likeness (QED) is 0.623. The minimum Gasteiger partial charge on any atom is -0.376 e. The Morgan fingerprint density at radius 1 is 1.00 bits per heavy atom. The van der Waals surface area contributed by atoms with Gasteiger partial charge in [-0.15, -0.1) is 0 Å². The minimum atomic E-state index is 0.375. The molecule has 1 aliphatic carbocycles. The maximum atomic E-state index is 5.54. The Bertz CT molecular complexity index is 91.7. The van der Waals surface area contributed by atoms with Gasteiger partial charge in [0.25, 0.3) is 0 Å². The molecule has 0 amide bonds. The molecule has 1 aliphatic rings. The molecular weight excluding hydrogens is 140 g/mol. The summed E-state index contributed by atoms with van der Waals surface area (Å²) >= 11 is 0. The lowest BCUT2D eigenvalue weighted by Crippen LogP contribution is -2.25. The molecule has 2 atom stereocenters. The second-order valence-electron chi connectivity index (χ2n) is 2.92. The third kappa shape index (κ3) is 2.46. The lowest BCUT2D eigenvalue weighted by Gasteiger charge is -2.18. The average Bonchev–Trinajstić information content (AvgIpc) is 2.39. The van der Waals surface area contributed by atoms with Crippen molar-refractivity contribution in [3.8, 4) is 0 Å². The molecule has 0 aromatic rings. The highest BCUT2D eigenvalue weighted by Crippen LogP contribution is 2.24. The molecule has 0 aromatic heterocycles. The minimum absolute atomic E-state index is 0.375. The summed E-state index contributed by atoms with van der Waals surface area (Å²) in [5.41, 5.74) is 0. The van der Waals surface area contributed by atoms with E-state index in [0.29, 0.717) is 12.2 Å². The van der Waals surface area contributed by atoms with E-state index in [4.69, 9.17) is 9.47 Å². The van der Waals surface area contributed by atoms with Gasteiger partial charge in [0.05, 0.1) is 12.2 Å². The van der Waals surface area contributed by atoms with Gasteiger partial charge in [0, 0.05) is 13.2 Å². The van der Waals surface area contributed by atoms with Crippen molar-refractivity contribution in [1.29, 1.82) is 0 Å². The van der Waals surface area contributed by atoms with Crippen LogP contribution in [0.5, 0.6) is 0 Å². The van der Waals surface area contributed by atoms with Gasteiger partial charge < -0.3 is 9.47 Å². The van der Waals surface area contributed by atoms with Crippen LogP contribution >= 0.6 is 0 Å². The predicted molar refractivity (Wildman–Crippen MR) is 44.7 cm³/mol. The third-order valence-corrected chi connectivity index (χ3v) is 2.15. The summed E-state index contributed by atoms with van der Waals surface area (Å²) < 4.78 is 11.1. The van der Waals surface area contributed by atoms with Gasteiger partial charge >= 0.3 is 0 Å². The second kappa shape index (κ2) is 4.73. The molecule has 11 heavy (non-hydrogen) atoms. The van der Waals surface area contributed by atoms with Crippen LogP contribution in [0.15, 0.2) is 0 Å². The fraction of sp³-hybridized carbons (Fsp3) is 1.00. The van der Waals surface area contributed by atoms with Crippen LogP contribution in [0.3, 0.4) is 0 Å². The Hall–Kier alpha value is -0.0800. The molecule has 0 spiro atoms. The van der Waals surface area contributed by atoms with Crippen LogP contribution < -0.4 is 0 Å². The van der Waals surface area contributed by atoms with Crippen LogP contribution in [-0.4, -0.2) is 25.4 Å². The average molecular weight is 158 g/mol. The smallest absolute Gasteiger partial charge is 0.0836 e. The van der Waals surface area contributed by atoms with Crippen LogP contribution in [-0.2, 0) is 9.47 Å². The highest BCUT2D eigenvalue weighted by atomic mass is 16.5. The molecule has 0 saturated heterocycles. The van der Waals surface area contributed by atoms with E-state index >= 15 is 0 Å². The molecule has 0 unspecified atom stereocenters. The highest BCUT2D eigenvalue weighted by Gasteiger charge is 2.27. The van der Waals surface area contributed by atoms with Crippen molar-refractivity contribution in [2.24, 2.45) is 0 Å². The second-order valence-corrected chi connectivity index (χ2v) is 2.92. The topological polar surface area (TPSA) is 18.5 Å². The van der Waals surface area contributed by atoms with E-state index in [1.807, 2.05) is 13.8 Å². The van der Waals surface area contributed by atoms with E-state index in [1.165, 1.54) is 19.3 Å². The third-order valence-electron chi connectivity index (χ3n) is 2.15. The van der Waals surface area contributed by atoms with Gasteiger partial charge in [-0.05, 0) is 33.1 Å². The Morgan fingerprint density at radius 3 is 1.82 bits per heavy atom. The van der Waals surface area contributed by atoms with Crippen molar-refractivity contribution in [3.63, 3.8) is 0 Å². The first-order valence-corrected chi connectivity index (χ1v) is 4.61. The Kier molecular flexibility index (Phi) is 3.87. The fourth-order valence-electron chi connectivity index (χ4n) is 1.70. The van der Waals surface area contributed by atoms with Crippen LogP contribution in [0.4, 0.5) is 0 Å². The summed E-state index contributed by atoms with van der Waals surface area (Å²) in [4.78, 5) is 0. The molecule has 0 N–H and O–H groups in total. The molecule has 0 bridgehead atoms. The summed E-state index contributed by atoms with van der Waals surface area (Å²) in [7, 11) is 0. The molecule has 66 valence electrons. The number of hydrogen-bond donors (Lipinski definition) is 0. The van der Waals surface area contributed by atoms with Gasteiger partial charge in [0.2, 0.25) is 0 Å². The predicted octanol–water partition coefficient (Wildman–Crippen LogP) is 1.98. The SMILES string of the molecule is CCO[C@@H]1CCC[C@H]1OCC. The lowest BCUT2D eigenvalue weighted by atomic mass is 10.2. The zero-order valence-electron chi connectivity index (χ0n) is 7.51. The van der Waals surface area contributed by atoms with Gasteiger partial charge in [-0.3, -0.25) is 0 Å². The van der Waals surface area contributed by atoms with E-state index in [0.717, 1.165) is 13.2 Å². The Balaban J connectivity index is 2.25. The summed E-state index contributed by atoms with van der Waals surface area (Å²) in [6.45, 7) is 5.71. The molecule has 2 heteroatoms. The van der Waals surface area contributed by atoms with Crippen molar-refractivity contribution in [2.45, 2.75) is 45.3 Å². The van der Waals surface area contributed by atoms with Crippen LogP contribution in [0.25, 0.3) is 0 Å². The summed E-state index contributed by atoms with van der Waals surface area (Å²) in [5, 5.41) is 0. The van der Waals surface area contributed by atoms with E-state index < -0.39 is 0 Å². The van der Waals surface area contributed by atoms with E-state index in [1.54, 1.807) is 0 Å². The van der Waals surface area contributed by atoms with E-state index in [2.05, 4.69) is 0 Å². The first kappa shape index (κ1) is 9.01. The zero-order valence-corrected chi connectivity index (χ0v) is 7.51. The van der Waals surface area contributed by atoms with Crippen molar-refractivity contribution in [2.75, 3.05) is 13.2 Å². The molecule has 1 fully saturated rings. The van der Waals surface area contributed by atoms with Gasteiger partial charge in [0.1, 0.15) is 0 Å². The highest BCUT2D eigenvalue weighted by molar-refractivity contribution is 4.78. The molecule has 0 aromatic carbocycles. The fourth-order valence-corrected chi connectivity index (χ4v) is 1.70. The largest absolute Gasteiger partial charge is 0.376 e. The molecule has 2 nitrogen and oxygen atoms in total. The van der Waals surface area contributed by atoms with E-state index in [-0.39, 0.29) is 0 Å². The van der Waals surface area contributed by atoms with Crippen molar-refractivity contribution in [3.05, 3.63) is 0 Å². The first-order valence-electron chi connectivity index (χ1n) is 4.61. The van der Waals surface area contributed by atoms with Gasteiger partial charge in [-0.2, -0.15) is 0 Å². The number of ether oxygens (including phenoxy) is 2. The summed E-state index contributed by atoms with van der Waals surface area (Å²) in [5.74, 6) is 0. The molecule has 1 saturated carbocycles. The maximum absolute atomic E-state index is 5.54. The Labute approximate surface area is 68.9 Å².